The average Bonchev–Trinajstić information content (AvgIpc) is 3.08. The zero-order valence-corrected chi connectivity index (χ0v) is 17.9. The molecular formula is C19H28Cl2N4OS. The summed E-state index contributed by atoms with van der Waals surface area (Å²) in [6.45, 7) is 5.01. The van der Waals surface area contributed by atoms with Crippen molar-refractivity contribution < 1.29 is 4.79 Å². The number of thiazole rings is 1. The number of benzene rings is 1. The number of hydrogen-bond acceptors (Lipinski definition) is 5. The van der Waals surface area contributed by atoms with Crippen molar-refractivity contribution in [3.63, 3.8) is 0 Å². The van der Waals surface area contributed by atoms with Gasteiger partial charge < -0.3 is 11.1 Å². The Morgan fingerprint density at radius 1 is 1.22 bits per heavy atom. The minimum Gasteiger partial charge on any atom is -0.323 e. The molecule has 0 aliphatic carbocycles. The number of hydrogen-bond donors (Lipinski definition) is 2. The lowest BCUT2D eigenvalue weighted by atomic mass is 9.95. The predicted octanol–water partition coefficient (Wildman–Crippen LogP) is 4.25. The number of carbonyl (C=O) groups is 1. The molecule has 0 bridgehead atoms. The normalized spacial score (nSPS) is 16.5. The van der Waals surface area contributed by atoms with Gasteiger partial charge in [-0.1, -0.05) is 43.7 Å². The molecule has 3 rings (SSSR count). The van der Waals surface area contributed by atoms with E-state index in [1.807, 2.05) is 42.6 Å². The number of nitrogens with zero attached hydrogens (tertiary/aromatic N) is 2. The molecule has 2 heterocycles. The van der Waals surface area contributed by atoms with E-state index in [1.54, 1.807) is 0 Å². The van der Waals surface area contributed by atoms with Crippen LogP contribution in [-0.2, 0) is 11.3 Å². The van der Waals surface area contributed by atoms with Crippen molar-refractivity contribution in [2.45, 2.75) is 38.8 Å². The van der Waals surface area contributed by atoms with Crippen LogP contribution >= 0.6 is 36.2 Å². The molecule has 2 unspecified atom stereocenters. The molecule has 8 heteroatoms. The van der Waals surface area contributed by atoms with Crippen LogP contribution in [0, 0.1) is 5.92 Å². The summed E-state index contributed by atoms with van der Waals surface area (Å²) in [6, 6.07) is 9.40. The summed E-state index contributed by atoms with van der Waals surface area (Å²) in [5.41, 5.74) is 8.23. The molecular weight excluding hydrogens is 403 g/mol. The Hall–Kier alpha value is -1.18. The number of anilines is 1. The van der Waals surface area contributed by atoms with Crippen LogP contribution in [0.3, 0.4) is 0 Å². The second-order valence-electron chi connectivity index (χ2n) is 6.70. The highest BCUT2D eigenvalue weighted by atomic mass is 35.5. The predicted molar refractivity (Wildman–Crippen MR) is 117 cm³/mol. The molecule has 150 valence electrons. The van der Waals surface area contributed by atoms with Crippen LogP contribution in [0.25, 0.3) is 0 Å². The van der Waals surface area contributed by atoms with E-state index in [2.05, 4.69) is 15.2 Å². The Bertz CT molecular complexity index is 692. The summed E-state index contributed by atoms with van der Waals surface area (Å²) < 4.78 is 0. The van der Waals surface area contributed by atoms with Gasteiger partial charge in [0.05, 0.1) is 11.6 Å². The zero-order valence-electron chi connectivity index (χ0n) is 15.5. The fourth-order valence-electron chi connectivity index (χ4n) is 3.13. The maximum atomic E-state index is 12.5. The summed E-state index contributed by atoms with van der Waals surface area (Å²) in [6.07, 6.45) is 3.86. The fourth-order valence-corrected chi connectivity index (χ4v) is 3.83. The van der Waals surface area contributed by atoms with Crippen molar-refractivity contribution in [2.75, 3.05) is 18.4 Å². The lowest BCUT2D eigenvalue weighted by molar-refractivity contribution is -0.120. The Morgan fingerprint density at radius 2 is 1.89 bits per heavy atom. The van der Waals surface area contributed by atoms with Crippen molar-refractivity contribution in [3.05, 3.63) is 47.0 Å². The molecule has 1 aromatic carbocycles. The SMILES string of the molecule is CC(C(=O)Nc1nc(CN2CCCCC2)cs1)C(N)c1ccccc1.Cl.Cl. The number of nitrogens with one attached hydrogen (secondary N) is 1. The van der Waals surface area contributed by atoms with Crippen LogP contribution in [0.5, 0.6) is 0 Å². The number of aromatic nitrogens is 1. The van der Waals surface area contributed by atoms with Gasteiger partial charge in [0.2, 0.25) is 5.91 Å². The first-order valence-corrected chi connectivity index (χ1v) is 9.79. The van der Waals surface area contributed by atoms with E-state index in [1.165, 1.54) is 30.6 Å². The molecule has 2 aromatic rings. The van der Waals surface area contributed by atoms with E-state index in [9.17, 15) is 4.79 Å². The number of likely N-dealkylation sites (tertiary alicyclic amines) is 1. The monoisotopic (exact) mass is 430 g/mol. The molecule has 0 saturated carbocycles. The van der Waals surface area contributed by atoms with Crippen LogP contribution in [0.1, 0.15) is 43.5 Å². The average molecular weight is 431 g/mol. The standard InChI is InChI=1S/C19H26N4OS.2ClH/c1-14(17(20)15-8-4-2-5-9-15)18(24)22-19-21-16(13-25-19)12-23-10-6-3-7-11-23;;/h2,4-5,8-9,13-14,17H,3,6-7,10-12,20H2,1H3,(H,21,22,24);2*1H. The molecule has 1 saturated heterocycles. The second kappa shape index (κ2) is 11.6. The Kier molecular flexibility index (Phi) is 10.3. The van der Waals surface area contributed by atoms with Crippen LogP contribution in [0.4, 0.5) is 5.13 Å². The van der Waals surface area contributed by atoms with E-state index < -0.39 is 0 Å². The highest BCUT2D eigenvalue weighted by Gasteiger charge is 2.23. The highest BCUT2D eigenvalue weighted by Crippen LogP contribution is 2.23. The quantitative estimate of drug-likeness (QED) is 0.718. The number of halogens is 2. The van der Waals surface area contributed by atoms with E-state index in [0.29, 0.717) is 5.13 Å². The number of amides is 1. The lowest BCUT2D eigenvalue weighted by Gasteiger charge is -2.25. The van der Waals surface area contributed by atoms with Gasteiger partial charge in [-0.2, -0.15) is 0 Å². The molecule has 1 aliphatic rings. The zero-order chi connectivity index (χ0) is 17.6. The summed E-state index contributed by atoms with van der Waals surface area (Å²) in [4.78, 5) is 19.5. The van der Waals surface area contributed by atoms with Gasteiger partial charge in [0.25, 0.3) is 0 Å². The number of carbonyl (C=O) groups excluding carboxylic acids is 1. The van der Waals surface area contributed by atoms with Crippen molar-refractivity contribution in [1.82, 2.24) is 9.88 Å². The largest absolute Gasteiger partial charge is 0.323 e. The van der Waals surface area contributed by atoms with Crippen LogP contribution in [-0.4, -0.2) is 28.9 Å². The first kappa shape index (κ1) is 23.9. The molecule has 1 aliphatic heterocycles. The van der Waals surface area contributed by atoms with Gasteiger partial charge in [-0.25, -0.2) is 4.98 Å². The summed E-state index contributed by atoms with van der Waals surface area (Å²) in [7, 11) is 0. The number of rotatable bonds is 6. The van der Waals surface area contributed by atoms with Gasteiger partial charge in [-0.15, -0.1) is 36.2 Å². The molecule has 1 amide bonds. The molecule has 1 fully saturated rings. The topological polar surface area (TPSA) is 71.2 Å². The third-order valence-corrected chi connectivity index (χ3v) is 5.56. The Labute approximate surface area is 177 Å². The minimum atomic E-state index is -0.325. The van der Waals surface area contributed by atoms with Gasteiger partial charge in [-0.3, -0.25) is 9.69 Å². The third kappa shape index (κ3) is 6.73. The van der Waals surface area contributed by atoms with Gasteiger partial charge >= 0.3 is 0 Å². The second-order valence-corrected chi connectivity index (χ2v) is 7.55. The van der Waals surface area contributed by atoms with E-state index >= 15 is 0 Å². The molecule has 2 atom stereocenters. The Morgan fingerprint density at radius 3 is 2.56 bits per heavy atom. The minimum absolute atomic E-state index is 0. The van der Waals surface area contributed by atoms with Crippen molar-refractivity contribution in [1.29, 1.82) is 0 Å². The molecule has 0 spiro atoms. The van der Waals surface area contributed by atoms with Gasteiger partial charge in [0, 0.05) is 18.0 Å². The first-order valence-electron chi connectivity index (χ1n) is 8.91. The van der Waals surface area contributed by atoms with Crippen LogP contribution in [0.15, 0.2) is 35.7 Å². The van der Waals surface area contributed by atoms with Crippen LogP contribution in [0.2, 0.25) is 0 Å². The fraction of sp³-hybridized carbons (Fsp3) is 0.474. The van der Waals surface area contributed by atoms with E-state index in [4.69, 9.17) is 5.73 Å². The maximum Gasteiger partial charge on any atom is 0.230 e. The number of nitrogens with two attached hydrogens (primary N) is 1. The molecule has 5 nitrogen and oxygen atoms in total. The first-order chi connectivity index (χ1) is 12.1. The van der Waals surface area contributed by atoms with E-state index in [0.717, 1.165) is 30.9 Å². The maximum absolute atomic E-state index is 12.5. The summed E-state index contributed by atoms with van der Waals surface area (Å²) >= 11 is 1.48. The molecule has 27 heavy (non-hydrogen) atoms. The number of piperidine rings is 1. The van der Waals surface area contributed by atoms with Gasteiger partial charge in [0.15, 0.2) is 5.13 Å². The van der Waals surface area contributed by atoms with Crippen molar-refractivity contribution in [2.24, 2.45) is 11.7 Å². The lowest BCUT2D eigenvalue weighted by Crippen LogP contribution is -2.30. The smallest absolute Gasteiger partial charge is 0.230 e. The molecule has 1 aromatic heterocycles. The third-order valence-electron chi connectivity index (χ3n) is 4.75. The van der Waals surface area contributed by atoms with Gasteiger partial charge in [0.1, 0.15) is 0 Å². The Balaban J connectivity index is 0.00000182. The summed E-state index contributed by atoms with van der Waals surface area (Å²) in [5.74, 6) is -0.410. The van der Waals surface area contributed by atoms with Crippen molar-refractivity contribution in [3.8, 4) is 0 Å². The summed E-state index contributed by atoms with van der Waals surface area (Å²) in [5, 5.41) is 5.61. The molecule has 0 radical (unpaired) electrons. The van der Waals surface area contributed by atoms with E-state index in [-0.39, 0.29) is 42.7 Å². The highest BCUT2D eigenvalue weighted by molar-refractivity contribution is 7.13. The van der Waals surface area contributed by atoms with Crippen LogP contribution < -0.4 is 11.1 Å². The van der Waals surface area contributed by atoms with Crippen molar-refractivity contribution >= 4 is 47.2 Å². The molecule has 3 N–H and O–H groups in total. The van der Waals surface area contributed by atoms with Gasteiger partial charge in [-0.05, 0) is 31.5 Å².